The molecule has 0 aliphatic heterocycles. The van der Waals surface area contributed by atoms with Crippen LogP contribution in [0.25, 0.3) is 22.6 Å². The molecule has 0 aliphatic rings. The summed E-state index contributed by atoms with van der Waals surface area (Å²) in [4.78, 5) is 5.34. The number of aromatic nitrogens is 2. The van der Waals surface area contributed by atoms with E-state index in [9.17, 15) is 5.11 Å². The number of imidazole rings is 1. The molecule has 1 heterocycles. The minimum absolute atomic E-state index is 0.0435. The van der Waals surface area contributed by atoms with Gasteiger partial charge in [0.05, 0.1) is 24.0 Å². The molecule has 0 radical (unpaired) electrons. The van der Waals surface area contributed by atoms with Gasteiger partial charge in [0.2, 0.25) is 0 Å². The van der Waals surface area contributed by atoms with Crippen LogP contribution in [0, 0.1) is 0 Å². The highest BCUT2D eigenvalue weighted by atomic mass is 16.3. The number of aliphatic hydroxyl groups excluding tert-OH is 1. The van der Waals surface area contributed by atoms with Crippen LogP contribution in [0.4, 0.5) is 0 Å². The first-order valence-corrected chi connectivity index (χ1v) is 13.9. The smallest absolute Gasteiger partial charge is 0.140 e. The highest BCUT2D eigenvalue weighted by molar-refractivity contribution is 5.69. The Hall–Kier alpha value is -3.99. The molecule has 1 unspecified atom stereocenters. The Balaban J connectivity index is 1.63. The van der Waals surface area contributed by atoms with Gasteiger partial charge < -0.3 is 15.0 Å². The third-order valence-electron chi connectivity index (χ3n) is 7.19. The Morgan fingerprint density at radius 2 is 1.31 bits per heavy atom. The predicted molar refractivity (Wildman–Crippen MR) is 160 cm³/mol. The molecule has 198 valence electrons. The quantitative estimate of drug-likeness (QED) is 0.180. The average molecular weight is 516 g/mol. The summed E-state index contributed by atoms with van der Waals surface area (Å²) in [5.41, 5.74) is 7.93. The van der Waals surface area contributed by atoms with Crippen molar-refractivity contribution in [2.75, 3.05) is 0 Å². The molecule has 0 fully saturated rings. The zero-order chi connectivity index (χ0) is 26.9. The molecule has 39 heavy (non-hydrogen) atoms. The van der Waals surface area contributed by atoms with E-state index in [1.807, 2.05) is 12.1 Å². The highest BCUT2D eigenvalue weighted by Gasteiger charge is 2.26. The average Bonchev–Trinajstić information content (AvgIpc) is 3.39. The van der Waals surface area contributed by atoms with Gasteiger partial charge >= 0.3 is 0 Å². The van der Waals surface area contributed by atoms with E-state index in [4.69, 9.17) is 4.98 Å². The Labute approximate surface area is 232 Å². The lowest BCUT2D eigenvalue weighted by atomic mass is 9.98. The first-order valence-electron chi connectivity index (χ1n) is 13.9. The largest absolute Gasteiger partial charge is 0.392 e. The summed E-state index contributed by atoms with van der Waals surface area (Å²) in [7, 11) is 0. The maximum absolute atomic E-state index is 9.47. The van der Waals surface area contributed by atoms with Crippen LogP contribution in [0.3, 0.4) is 0 Å². The van der Waals surface area contributed by atoms with Gasteiger partial charge in [-0.05, 0) is 29.5 Å². The topological polar surface area (TPSA) is 50.1 Å². The summed E-state index contributed by atoms with van der Waals surface area (Å²) >= 11 is 0. The van der Waals surface area contributed by atoms with Crippen molar-refractivity contribution in [1.82, 2.24) is 14.9 Å². The lowest BCUT2D eigenvalue weighted by Gasteiger charge is -2.24. The van der Waals surface area contributed by atoms with Gasteiger partial charge in [0.15, 0.2) is 0 Å². The lowest BCUT2D eigenvalue weighted by molar-refractivity contribution is 0.282. The molecule has 1 aromatic heterocycles. The maximum atomic E-state index is 9.47. The molecule has 0 saturated heterocycles. The molecule has 5 rings (SSSR count). The number of hydrogen-bond donors (Lipinski definition) is 2. The molecular formula is C35H37N3O. The van der Waals surface area contributed by atoms with Crippen molar-refractivity contribution in [1.29, 1.82) is 0 Å². The summed E-state index contributed by atoms with van der Waals surface area (Å²) in [6.45, 7) is 3.93. The van der Waals surface area contributed by atoms with Crippen molar-refractivity contribution in [3.8, 4) is 22.6 Å². The molecule has 2 N–H and O–H groups in total. The fourth-order valence-corrected chi connectivity index (χ4v) is 5.10. The molecule has 4 heteroatoms. The van der Waals surface area contributed by atoms with Gasteiger partial charge in [0.25, 0.3) is 0 Å². The Morgan fingerprint density at radius 1 is 0.718 bits per heavy atom. The highest BCUT2D eigenvalue weighted by Crippen LogP contribution is 2.35. The number of aliphatic hydroxyl groups is 1. The van der Waals surface area contributed by atoms with Gasteiger partial charge in [0.1, 0.15) is 5.82 Å². The van der Waals surface area contributed by atoms with Crippen molar-refractivity contribution in [2.45, 2.75) is 51.9 Å². The minimum Gasteiger partial charge on any atom is -0.392 e. The van der Waals surface area contributed by atoms with E-state index in [0.29, 0.717) is 0 Å². The Kier molecular flexibility index (Phi) is 9.00. The number of unbranched alkanes of at least 4 members (excludes halogenated alkanes) is 1. The summed E-state index contributed by atoms with van der Waals surface area (Å²) in [5, 5.41) is 13.4. The molecular weight excluding hydrogens is 478 g/mol. The van der Waals surface area contributed by atoms with Gasteiger partial charge in [-0.25, -0.2) is 4.98 Å². The van der Waals surface area contributed by atoms with Crippen molar-refractivity contribution < 1.29 is 5.11 Å². The molecule has 5 aromatic rings. The minimum atomic E-state index is 0.0435. The first kappa shape index (κ1) is 26.6. The Bertz CT molecular complexity index is 1430. The van der Waals surface area contributed by atoms with Crippen LogP contribution in [0.5, 0.6) is 0 Å². The van der Waals surface area contributed by atoms with Crippen molar-refractivity contribution >= 4 is 0 Å². The monoisotopic (exact) mass is 515 g/mol. The van der Waals surface area contributed by atoms with Crippen LogP contribution >= 0.6 is 0 Å². The molecule has 0 saturated carbocycles. The zero-order valence-corrected chi connectivity index (χ0v) is 22.6. The van der Waals surface area contributed by atoms with E-state index in [-0.39, 0.29) is 12.6 Å². The van der Waals surface area contributed by atoms with Gasteiger partial charge in [-0.2, -0.15) is 0 Å². The second kappa shape index (κ2) is 13.2. The summed E-state index contributed by atoms with van der Waals surface area (Å²) < 4.78 is 2.45. The molecule has 0 amide bonds. The summed E-state index contributed by atoms with van der Waals surface area (Å²) in [5.74, 6) is 1.02. The van der Waals surface area contributed by atoms with Gasteiger partial charge in [-0.15, -0.1) is 0 Å². The van der Waals surface area contributed by atoms with Crippen LogP contribution in [0.1, 0.15) is 48.2 Å². The third-order valence-corrected chi connectivity index (χ3v) is 7.19. The summed E-state index contributed by atoms with van der Waals surface area (Å²) in [6, 6.07) is 40.1. The maximum Gasteiger partial charge on any atom is 0.140 e. The normalized spacial score (nSPS) is 11.9. The molecule has 4 aromatic carbocycles. The zero-order valence-electron chi connectivity index (χ0n) is 22.6. The molecule has 0 spiro atoms. The number of benzene rings is 4. The van der Waals surface area contributed by atoms with E-state index in [2.05, 4.69) is 120 Å². The molecule has 4 nitrogen and oxygen atoms in total. The fourth-order valence-electron chi connectivity index (χ4n) is 5.10. The number of rotatable bonds is 12. The van der Waals surface area contributed by atoms with Gasteiger partial charge in [0, 0.05) is 24.2 Å². The van der Waals surface area contributed by atoms with E-state index < -0.39 is 0 Å². The van der Waals surface area contributed by atoms with Crippen LogP contribution < -0.4 is 5.32 Å². The van der Waals surface area contributed by atoms with E-state index in [1.165, 1.54) is 16.8 Å². The summed E-state index contributed by atoms with van der Waals surface area (Å²) in [6.07, 6.45) is 3.04. The van der Waals surface area contributed by atoms with E-state index >= 15 is 0 Å². The number of hydrogen-bond acceptors (Lipinski definition) is 3. The number of nitrogens with one attached hydrogen (secondary N) is 1. The van der Waals surface area contributed by atoms with Crippen molar-refractivity contribution in [2.24, 2.45) is 0 Å². The van der Waals surface area contributed by atoms with Crippen molar-refractivity contribution in [3.05, 3.63) is 138 Å². The first-order chi connectivity index (χ1) is 19.3. The molecule has 0 bridgehead atoms. The SMILES string of the molecule is CCCCn1c(-c2ccccc2)nc(-c2ccccc2)c1C(Cc1ccccc1)NCc1ccc(CO)cc1. The molecule has 0 aliphatic carbocycles. The second-order valence-electron chi connectivity index (χ2n) is 10.0. The van der Waals surface area contributed by atoms with E-state index in [0.717, 1.165) is 60.6 Å². The van der Waals surface area contributed by atoms with Gasteiger partial charge in [-0.3, -0.25) is 0 Å². The van der Waals surface area contributed by atoms with Crippen LogP contribution in [-0.4, -0.2) is 14.7 Å². The molecule has 1 atom stereocenters. The van der Waals surface area contributed by atoms with Crippen molar-refractivity contribution in [3.63, 3.8) is 0 Å². The predicted octanol–water partition coefficient (Wildman–Crippen LogP) is 7.58. The lowest BCUT2D eigenvalue weighted by Crippen LogP contribution is -2.26. The second-order valence-corrected chi connectivity index (χ2v) is 10.0. The third kappa shape index (κ3) is 6.54. The van der Waals surface area contributed by atoms with Crippen LogP contribution in [0.15, 0.2) is 115 Å². The fraction of sp³-hybridized carbons (Fsp3) is 0.229. The van der Waals surface area contributed by atoms with Crippen LogP contribution in [0.2, 0.25) is 0 Å². The van der Waals surface area contributed by atoms with Crippen LogP contribution in [-0.2, 0) is 26.1 Å². The number of nitrogens with zero attached hydrogens (tertiary/aromatic N) is 2. The van der Waals surface area contributed by atoms with Gasteiger partial charge in [-0.1, -0.05) is 129 Å². The Morgan fingerprint density at radius 3 is 1.92 bits per heavy atom. The standard InChI is InChI=1S/C35H37N3O/c1-2-3-23-38-34(33(30-15-9-5-10-16-30)37-35(38)31-17-11-6-12-18-31)32(24-27-13-7-4-8-14-27)36-25-28-19-21-29(26-39)22-20-28/h4-22,32,36,39H,2-3,23-26H2,1H3. The van der Waals surface area contributed by atoms with E-state index in [1.54, 1.807) is 0 Å².